The Morgan fingerprint density at radius 3 is 2.30 bits per heavy atom. The maximum Gasteiger partial charge on any atom is 0.322 e. The number of hydrogen-bond acceptors (Lipinski definition) is 4. The highest BCUT2D eigenvalue weighted by Crippen LogP contribution is 2.22. The van der Waals surface area contributed by atoms with Crippen molar-refractivity contribution in [1.82, 2.24) is 20.4 Å². The van der Waals surface area contributed by atoms with E-state index in [0.717, 1.165) is 16.7 Å². The molecule has 0 aromatic heterocycles. The standard InChI is InChI=1S/C25H28N4O4/c1-2-28-14-15-29(22(30)13-12-20-23(31)27-25(33)26-20)21(24(28)32)16-17-8-10-19(11-9-17)18-6-4-3-5-7-18/h3-11,20-21H,2,12-16H2,1H3,(H2,26,27,31,33)/t20-,21-/m0/s1. The van der Waals surface area contributed by atoms with Crippen LogP contribution in [-0.4, -0.2) is 65.3 Å². The van der Waals surface area contributed by atoms with Gasteiger partial charge in [0.05, 0.1) is 0 Å². The number of nitrogens with zero attached hydrogens (tertiary/aromatic N) is 2. The highest BCUT2D eigenvalue weighted by molar-refractivity contribution is 6.04. The second-order valence-corrected chi connectivity index (χ2v) is 8.34. The minimum absolute atomic E-state index is 0.0591. The summed E-state index contributed by atoms with van der Waals surface area (Å²) in [4.78, 5) is 52.6. The van der Waals surface area contributed by atoms with Crippen molar-refractivity contribution in [2.24, 2.45) is 0 Å². The number of carbonyl (C=O) groups is 4. The number of rotatable bonds is 7. The second-order valence-electron chi connectivity index (χ2n) is 8.34. The molecule has 0 spiro atoms. The smallest absolute Gasteiger partial charge is 0.322 e. The van der Waals surface area contributed by atoms with Gasteiger partial charge in [-0.2, -0.15) is 0 Å². The van der Waals surface area contributed by atoms with E-state index in [-0.39, 0.29) is 24.7 Å². The van der Waals surface area contributed by atoms with Gasteiger partial charge in [-0.25, -0.2) is 4.79 Å². The number of piperazine rings is 1. The molecule has 2 saturated heterocycles. The van der Waals surface area contributed by atoms with Gasteiger partial charge in [0.15, 0.2) is 0 Å². The molecule has 0 aliphatic carbocycles. The quantitative estimate of drug-likeness (QED) is 0.633. The van der Waals surface area contributed by atoms with Gasteiger partial charge < -0.3 is 15.1 Å². The summed E-state index contributed by atoms with van der Waals surface area (Å²) in [5.74, 6) is -0.662. The fourth-order valence-corrected chi connectivity index (χ4v) is 4.41. The molecule has 2 aliphatic rings. The van der Waals surface area contributed by atoms with Crippen molar-refractivity contribution < 1.29 is 19.2 Å². The maximum absolute atomic E-state index is 13.1. The highest BCUT2D eigenvalue weighted by Gasteiger charge is 2.37. The van der Waals surface area contributed by atoms with E-state index in [9.17, 15) is 19.2 Å². The van der Waals surface area contributed by atoms with Gasteiger partial charge >= 0.3 is 6.03 Å². The highest BCUT2D eigenvalue weighted by atomic mass is 16.2. The maximum atomic E-state index is 13.1. The lowest BCUT2D eigenvalue weighted by atomic mass is 9.97. The van der Waals surface area contributed by atoms with E-state index >= 15 is 0 Å². The van der Waals surface area contributed by atoms with Gasteiger partial charge in [-0.1, -0.05) is 54.6 Å². The summed E-state index contributed by atoms with van der Waals surface area (Å²) in [6.07, 6.45) is 0.717. The Morgan fingerprint density at radius 2 is 1.67 bits per heavy atom. The number of hydrogen-bond donors (Lipinski definition) is 2. The lowest BCUT2D eigenvalue weighted by Gasteiger charge is -2.40. The molecule has 172 valence electrons. The zero-order chi connectivity index (χ0) is 23.4. The summed E-state index contributed by atoms with van der Waals surface area (Å²) in [5.41, 5.74) is 3.19. The molecule has 0 saturated carbocycles. The average Bonchev–Trinajstić information content (AvgIpc) is 3.16. The van der Waals surface area contributed by atoms with Gasteiger partial charge in [-0.15, -0.1) is 0 Å². The topological polar surface area (TPSA) is 98.8 Å². The fourth-order valence-electron chi connectivity index (χ4n) is 4.41. The van der Waals surface area contributed by atoms with Crippen molar-refractivity contribution in [1.29, 1.82) is 0 Å². The van der Waals surface area contributed by atoms with Crippen LogP contribution in [0.5, 0.6) is 0 Å². The fraction of sp³-hybridized carbons (Fsp3) is 0.360. The molecule has 2 aromatic rings. The van der Waals surface area contributed by atoms with E-state index in [1.165, 1.54) is 0 Å². The first kappa shape index (κ1) is 22.5. The predicted molar refractivity (Wildman–Crippen MR) is 123 cm³/mol. The van der Waals surface area contributed by atoms with Crippen LogP contribution in [0.15, 0.2) is 54.6 Å². The van der Waals surface area contributed by atoms with Crippen molar-refractivity contribution in [2.75, 3.05) is 19.6 Å². The Bertz CT molecular complexity index is 1040. The van der Waals surface area contributed by atoms with Gasteiger partial charge in [-0.05, 0) is 30.0 Å². The molecule has 2 aromatic carbocycles. The largest absolute Gasteiger partial charge is 0.339 e. The number of likely N-dealkylation sites (N-methyl/N-ethyl adjacent to an activating group) is 1. The molecule has 2 N–H and O–H groups in total. The third-order valence-corrected chi connectivity index (χ3v) is 6.28. The molecule has 8 heteroatoms. The molecule has 0 bridgehead atoms. The molecule has 8 nitrogen and oxygen atoms in total. The summed E-state index contributed by atoms with van der Waals surface area (Å²) in [5, 5.41) is 4.68. The summed E-state index contributed by atoms with van der Waals surface area (Å²) in [6, 6.07) is 16.3. The van der Waals surface area contributed by atoms with Crippen LogP contribution in [0.3, 0.4) is 0 Å². The molecule has 0 unspecified atom stereocenters. The van der Waals surface area contributed by atoms with Crippen LogP contribution >= 0.6 is 0 Å². The van der Waals surface area contributed by atoms with Crippen molar-refractivity contribution in [3.05, 3.63) is 60.2 Å². The summed E-state index contributed by atoms with van der Waals surface area (Å²) >= 11 is 0. The molecular formula is C25H28N4O4. The number of nitrogens with one attached hydrogen (secondary N) is 2. The van der Waals surface area contributed by atoms with Crippen molar-refractivity contribution in [2.45, 2.75) is 38.3 Å². The van der Waals surface area contributed by atoms with Crippen LogP contribution in [-0.2, 0) is 20.8 Å². The van der Waals surface area contributed by atoms with Gasteiger partial charge in [0.25, 0.3) is 5.91 Å². The first-order valence-electron chi connectivity index (χ1n) is 11.3. The molecule has 2 aliphatic heterocycles. The molecule has 5 amide bonds. The Kier molecular flexibility index (Phi) is 6.72. The monoisotopic (exact) mass is 448 g/mol. The lowest BCUT2D eigenvalue weighted by molar-refractivity contribution is -0.151. The van der Waals surface area contributed by atoms with Crippen LogP contribution in [0, 0.1) is 0 Å². The van der Waals surface area contributed by atoms with Crippen LogP contribution in [0.25, 0.3) is 11.1 Å². The summed E-state index contributed by atoms with van der Waals surface area (Å²) in [6.45, 7) is 3.47. The number of carbonyl (C=O) groups excluding carboxylic acids is 4. The molecule has 2 heterocycles. The van der Waals surface area contributed by atoms with Gasteiger partial charge in [0.1, 0.15) is 12.1 Å². The van der Waals surface area contributed by atoms with E-state index < -0.39 is 24.0 Å². The Labute approximate surface area is 192 Å². The molecule has 0 radical (unpaired) electrons. The minimum atomic E-state index is -0.710. The summed E-state index contributed by atoms with van der Waals surface area (Å²) < 4.78 is 0. The number of imide groups is 1. The van der Waals surface area contributed by atoms with Crippen LogP contribution in [0.4, 0.5) is 4.79 Å². The summed E-state index contributed by atoms with van der Waals surface area (Å²) in [7, 11) is 0. The van der Waals surface area contributed by atoms with E-state index in [2.05, 4.69) is 10.6 Å². The van der Waals surface area contributed by atoms with Crippen LogP contribution < -0.4 is 10.6 Å². The van der Waals surface area contributed by atoms with Gasteiger partial charge in [-0.3, -0.25) is 19.7 Å². The molecule has 2 atom stereocenters. The first-order valence-corrected chi connectivity index (χ1v) is 11.3. The SMILES string of the molecule is CCN1CCN(C(=O)CC[C@@H]2NC(=O)NC2=O)[C@@H](Cc2ccc(-c3ccccc3)cc2)C1=O. The van der Waals surface area contributed by atoms with E-state index in [1.54, 1.807) is 9.80 Å². The zero-order valence-electron chi connectivity index (χ0n) is 18.6. The molecule has 33 heavy (non-hydrogen) atoms. The average molecular weight is 449 g/mol. The second kappa shape index (κ2) is 9.85. The first-order chi connectivity index (χ1) is 16.0. The Balaban J connectivity index is 1.46. The Morgan fingerprint density at radius 1 is 0.970 bits per heavy atom. The van der Waals surface area contributed by atoms with Crippen molar-refractivity contribution in [3.63, 3.8) is 0 Å². The predicted octanol–water partition coefficient (Wildman–Crippen LogP) is 1.94. The molecule has 4 rings (SSSR count). The van der Waals surface area contributed by atoms with Crippen molar-refractivity contribution in [3.8, 4) is 11.1 Å². The van der Waals surface area contributed by atoms with Crippen molar-refractivity contribution >= 4 is 23.8 Å². The van der Waals surface area contributed by atoms with Crippen LogP contribution in [0.1, 0.15) is 25.3 Å². The normalized spacial score (nSPS) is 20.6. The van der Waals surface area contributed by atoms with E-state index in [0.29, 0.717) is 26.1 Å². The lowest BCUT2D eigenvalue weighted by Crippen LogP contribution is -2.59. The zero-order valence-corrected chi connectivity index (χ0v) is 18.6. The van der Waals surface area contributed by atoms with E-state index in [4.69, 9.17) is 0 Å². The van der Waals surface area contributed by atoms with Crippen LogP contribution in [0.2, 0.25) is 0 Å². The number of amides is 5. The third kappa shape index (κ3) is 5.05. The van der Waals surface area contributed by atoms with Gasteiger partial charge in [0.2, 0.25) is 11.8 Å². The number of benzene rings is 2. The van der Waals surface area contributed by atoms with Gasteiger partial charge in [0, 0.05) is 32.5 Å². The molecule has 2 fully saturated rings. The minimum Gasteiger partial charge on any atom is -0.339 e. The Hall–Kier alpha value is -3.68. The third-order valence-electron chi connectivity index (χ3n) is 6.28. The number of urea groups is 1. The molecular weight excluding hydrogens is 420 g/mol. The van der Waals surface area contributed by atoms with E-state index in [1.807, 2.05) is 61.5 Å².